The van der Waals surface area contributed by atoms with Gasteiger partial charge in [-0.25, -0.2) is 0 Å². The predicted octanol–water partition coefficient (Wildman–Crippen LogP) is 2.31. The second-order valence-corrected chi connectivity index (χ2v) is 3.65. The highest BCUT2D eigenvalue weighted by molar-refractivity contribution is 5.83. The highest BCUT2D eigenvalue weighted by Crippen LogP contribution is 2.19. The van der Waals surface area contributed by atoms with Crippen LogP contribution in [-0.4, -0.2) is 4.98 Å². The van der Waals surface area contributed by atoms with Crippen LogP contribution in [0, 0.1) is 13.8 Å². The molecule has 0 aliphatic carbocycles. The first kappa shape index (κ1) is 9.16. The average Bonchev–Trinajstić information content (AvgIpc) is 2.17. The summed E-state index contributed by atoms with van der Waals surface area (Å²) in [6.45, 7) is 4.65. The van der Waals surface area contributed by atoms with Crippen LogP contribution in [0.2, 0.25) is 0 Å². The monoisotopic (exact) mass is 186 g/mol. The van der Waals surface area contributed by atoms with Gasteiger partial charge >= 0.3 is 0 Å². The highest BCUT2D eigenvalue weighted by atomic mass is 14.7. The molecule has 0 saturated carbocycles. The SMILES string of the molecule is Cc1ccc2nc(C)cc(CN)c2c1. The van der Waals surface area contributed by atoms with Crippen LogP contribution in [0.3, 0.4) is 0 Å². The van der Waals surface area contributed by atoms with Crippen molar-refractivity contribution in [1.82, 2.24) is 4.98 Å². The van der Waals surface area contributed by atoms with E-state index in [1.54, 1.807) is 0 Å². The highest BCUT2D eigenvalue weighted by Gasteiger charge is 2.02. The number of rotatable bonds is 1. The fourth-order valence-electron chi connectivity index (χ4n) is 1.73. The van der Waals surface area contributed by atoms with Crippen molar-refractivity contribution in [2.24, 2.45) is 5.73 Å². The van der Waals surface area contributed by atoms with Crippen molar-refractivity contribution in [3.63, 3.8) is 0 Å². The minimum Gasteiger partial charge on any atom is -0.326 e. The fourth-order valence-corrected chi connectivity index (χ4v) is 1.73. The molecule has 72 valence electrons. The van der Waals surface area contributed by atoms with Crippen LogP contribution >= 0.6 is 0 Å². The minimum absolute atomic E-state index is 0.573. The van der Waals surface area contributed by atoms with Gasteiger partial charge in [-0.15, -0.1) is 0 Å². The zero-order valence-electron chi connectivity index (χ0n) is 8.54. The molecule has 0 atom stereocenters. The van der Waals surface area contributed by atoms with E-state index in [-0.39, 0.29) is 0 Å². The number of hydrogen-bond acceptors (Lipinski definition) is 2. The molecule has 1 aromatic carbocycles. The molecular weight excluding hydrogens is 172 g/mol. The summed E-state index contributed by atoms with van der Waals surface area (Å²) < 4.78 is 0. The Bertz CT molecular complexity index is 475. The molecule has 0 amide bonds. The molecule has 14 heavy (non-hydrogen) atoms. The van der Waals surface area contributed by atoms with Gasteiger partial charge < -0.3 is 5.73 Å². The Balaban J connectivity index is 2.81. The molecule has 2 aromatic rings. The van der Waals surface area contributed by atoms with Crippen LogP contribution in [0.25, 0.3) is 10.9 Å². The van der Waals surface area contributed by atoms with E-state index in [0.29, 0.717) is 6.54 Å². The number of nitrogens with two attached hydrogens (primary N) is 1. The first-order valence-corrected chi connectivity index (χ1v) is 4.77. The number of nitrogens with zero attached hydrogens (tertiary/aromatic N) is 1. The quantitative estimate of drug-likeness (QED) is 0.742. The summed E-state index contributed by atoms with van der Waals surface area (Å²) in [6, 6.07) is 8.33. The lowest BCUT2D eigenvalue weighted by Crippen LogP contribution is -1.99. The molecule has 0 fully saturated rings. The molecule has 0 aliphatic heterocycles. The first-order chi connectivity index (χ1) is 6.70. The molecule has 0 bridgehead atoms. The maximum absolute atomic E-state index is 5.71. The second kappa shape index (κ2) is 3.39. The Morgan fingerprint density at radius 3 is 2.71 bits per heavy atom. The van der Waals surface area contributed by atoms with Crippen LogP contribution < -0.4 is 5.73 Å². The van der Waals surface area contributed by atoms with Gasteiger partial charge in [0.25, 0.3) is 0 Å². The third-order valence-electron chi connectivity index (χ3n) is 2.40. The molecule has 0 aliphatic rings. The molecule has 2 heteroatoms. The maximum Gasteiger partial charge on any atom is 0.0708 e. The molecule has 0 radical (unpaired) electrons. The van der Waals surface area contributed by atoms with Crippen molar-refractivity contribution in [3.05, 3.63) is 41.1 Å². The van der Waals surface area contributed by atoms with Gasteiger partial charge in [-0.3, -0.25) is 4.98 Å². The van der Waals surface area contributed by atoms with Crippen molar-refractivity contribution >= 4 is 10.9 Å². The summed E-state index contributed by atoms with van der Waals surface area (Å²) in [4.78, 5) is 4.47. The molecule has 2 nitrogen and oxygen atoms in total. The number of pyridine rings is 1. The summed E-state index contributed by atoms with van der Waals surface area (Å²) in [5, 5.41) is 1.18. The molecule has 0 saturated heterocycles. The molecule has 2 N–H and O–H groups in total. The summed E-state index contributed by atoms with van der Waals surface area (Å²) >= 11 is 0. The molecule has 2 rings (SSSR count). The number of benzene rings is 1. The van der Waals surface area contributed by atoms with E-state index in [0.717, 1.165) is 11.2 Å². The lowest BCUT2D eigenvalue weighted by Gasteiger charge is -2.06. The Hall–Kier alpha value is -1.41. The van der Waals surface area contributed by atoms with Gasteiger partial charge in [0.2, 0.25) is 0 Å². The van der Waals surface area contributed by atoms with Crippen molar-refractivity contribution < 1.29 is 0 Å². The molecule has 0 spiro atoms. The lowest BCUT2D eigenvalue weighted by atomic mass is 10.1. The zero-order chi connectivity index (χ0) is 10.1. The van der Waals surface area contributed by atoms with Gasteiger partial charge in [0.05, 0.1) is 5.52 Å². The first-order valence-electron chi connectivity index (χ1n) is 4.77. The van der Waals surface area contributed by atoms with E-state index >= 15 is 0 Å². The van der Waals surface area contributed by atoms with Gasteiger partial charge in [-0.05, 0) is 37.6 Å². The van der Waals surface area contributed by atoms with Crippen molar-refractivity contribution in [1.29, 1.82) is 0 Å². The topological polar surface area (TPSA) is 38.9 Å². The standard InChI is InChI=1S/C12H14N2/c1-8-3-4-12-11(5-8)10(7-13)6-9(2)14-12/h3-6H,7,13H2,1-2H3. The van der Waals surface area contributed by atoms with Crippen LogP contribution in [0.5, 0.6) is 0 Å². The fraction of sp³-hybridized carbons (Fsp3) is 0.250. The summed E-state index contributed by atoms with van der Waals surface area (Å²) in [5.74, 6) is 0. The molecular formula is C12H14N2. The lowest BCUT2D eigenvalue weighted by molar-refractivity contribution is 1.07. The predicted molar refractivity (Wildman–Crippen MR) is 59.1 cm³/mol. The van der Waals surface area contributed by atoms with E-state index < -0.39 is 0 Å². The largest absolute Gasteiger partial charge is 0.326 e. The van der Waals surface area contributed by atoms with Gasteiger partial charge in [0, 0.05) is 17.6 Å². The van der Waals surface area contributed by atoms with Crippen LogP contribution in [0.15, 0.2) is 24.3 Å². The van der Waals surface area contributed by atoms with Crippen LogP contribution in [0.1, 0.15) is 16.8 Å². The number of fused-ring (bicyclic) bond motifs is 1. The number of aryl methyl sites for hydroxylation is 2. The Labute approximate surface area is 83.8 Å². The smallest absolute Gasteiger partial charge is 0.0708 e. The van der Waals surface area contributed by atoms with Gasteiger partial charge in [-0.1, -0.05) is 11.6 Å². The van der Waals surface area contributed by atoms with E-state index in [2.05, 4.69) is 36.2 Å². The third-order valence-corrected chi connectivity index (χ3v) is 2.40. The van der Waals surface area contributed by atoms with Gasteiger partial charge in [0.1, 0.15) is 0 Å². The van der Waals surface area contributed by atoms with Crippen molar-refractivity contribution in [2.45, 2.75) is 20.4 Å². The van der Waals surface area contributed by atoms with E-state index in [4.69, 9.17) is 5.73 Å². The Morgan fingerprint density at radius 1 is 1.21 bits per heavy atom. The summed E-state index contributed by atoms with van der Waals surface area (Å²) in [6.07, 6.45) is 0. The minimum atomic E-state index is 0.573. The number of aromatic nitrogens is 1. The Morgan fingerprint density at radius 2 is 2.00 bits per heavy atom. The van der Waals surface area contributed by atoms with E-state index in [9.17, 15) is 0 Å². The van der Waals surface area contributed by atoms with Gasteiger partial charge in [-0.2, -0.15) is 0 Å². The molecule has 1 aromatic heterocycles. The third kappa shape index (κ3) is 1.49. The second-order valence-electron chi connectivity index (χ2n) is 3.65. The van der Waals surface area contributed by atoms with Crippen LogP contribution in [0.4, 0.5) is 0 Å². The van der Waals surface area contributed by atoms with Crippen LogP contribution in [-0.2, 0) is 6.54 Å². The Kier molecular flexibility index (Phi) is 2.22. The summed E-state index contributed by atoms with van der Waals surface area (Å²) in [5.41, 5.74) is 10.2. The average molecular weight is 186 g/mol. The molecule has 1 heterocycles. The van der Waals surface area contributed by atoms with Crippen molar-refractivity contribution in [2.75, 3.05) is 0 Å². The number of hydrogen-bond donors (Lipinski definition) is 1. The molecule has 0 unspecified atom stereocenters. The van der Waals surface area contributed by atoms with E-state index in [1.165, 1.54) is 16.5 Å². The van der Waals surface area contributed by atoms with Gasteiger partial charge in [0.15, 0.2) is 0 Å². The van der Waals surface area contributed by atoms with Crippen molar-refractivity contribution in [3.8, 4) is 0 Å². The maximum atomic E-state index is 5.71. The normalized spacial score (nSPS) is 10.8. The van der Waals surface area contributed by atoms with E-state index in [1.807, 2.05) is 6.92 Å². The zero-order valence-corrected chi connectivity index (χ0v) is 8.54. The summed E-state index contributed by atoms with van der Waals surface area (Å²) in [7, 11) is 0.